The van der Waals surface area contributed by atoms with E-state index in [4.69, 9.17) is 9.47 Å². The number of amides is 1. The Kier molecular flexibility index (Phi) is 41.6. The van der Waals surface area contributed by atoms with E-state index < -0.39 is 49.5 Å². The molecule has 1 aliphatic heterocycles. The number of aliphatic hydroxyl groups is 5. The van der Waals surface area contributed by atoms with Gasteiger partial charge in [0.05, 0.1) is 25.4 Å². The van der Waals surface area contributed by atoms with Gasteiger partial charge in [-0.15, -0.1) is 0 Å². The van der Waals surface area contributed by atoms with Crippen molar-refractivity contribution in [2.45, 2.75) is 307 Å². The summed E-state index contributed by atoms with van der Waals surface area (Å²) in [6.07, 6.45) is 45.1. The molecule has 0 aromatic heterocycles. The molecular formula is C53H103NO8. The summed E-state index contributed by atoms with van der Waals surface area (Å²) in [5.74, 6) is -0.142. The number of carbonyl (C=O) groups excluding carboxylic acids is 1. The van der Waals surface area contributed by atoms with Crippen LogP contribution >= 0.6 is 0 Å². The number of aliphatic hydroxyl groups excluding tert-OH is 5. The van der Waals surface area contributed by atoms with Gasteiger partial charge in [0.1, 0.15) is 24.4 Å². The second-order valence-electron chi connectivity index (χ2n) is 19.0. The zero-order chi connectivity index (χ0) is 45.1. The highest BCUT2D eigenvalue weighted by atomic mass is 16.7. The number of nitrogens with one attached hydrogen (secondary N) is 1. The van der Waals surface area contributed by atoms with E-state index in [0.717, 1.165) is 38.5 Å². The SMILES string of the molecule is CCCCCCCCCC/C=C\CCCCCCCCCCCC(=O)NC(COC1OC(CO)C(O)C(O)C1O)C(O)CCCCCCCCCCCCCCCCCCCC. The van der Waals surface area contributed by atoms with Gasteiger partial charge in [0.25, 0.3) is 0 Å². The van der Waals surface area contributed by atoms with Crippen LogP contribution in [-0.4, -0.2) is 87.5 Å². The van der Waals surface area contributed by atoms with Crippen molar-refractivity contribution in [3.8, 4) is 0 Å². The largest absolute Gasteiger partial charge is 0.394 e. The van der Waals surface area contributed by atoms with E-state index in [0.29, 0.717) is 12.8 Å². The van der Waals surface area contributed by atoms with Crippen LogP contribution in [0.5, 0.6) is 0 Å². The van der Waals surface area contributed by atoms with Gasteiger partial charge in [0.2, 0.25) is 5.91 Å². The first-order valence-electron chi connectivity index (χ1n) is 26.9. The fourth-order valence-electron chi connectivity index (χ4n) is 8.80. The standard InChI is InChI=1S/C53H103NO8/c1-3-5-7-9-11-13-15-17-19-21-23-24-25-27-29-31-33-35-37-39-41-43-49(57)54-46(45-61-53-52(60)51(59)50(58)48(44-55)62-53)47(56)42-40-38-36-34-32-30-28-26-22-20-18-16-14-12-10-8-6-4-2/h21,23,46-48,50-53,55-56,58-60H,3-20,22,24-45H2,1-2H3,(H,54,57)/b23-21-. The third-order valence-electron chi connectivity index (χ3n) is 13.1. The van der Waals surface area contributed by atoms with Crippen molar-refractivity contribution >= 4 is 5.91 Å². The highest BCUT2D eigenvalue weighted by Crippen LogP contribution is 2.23. The smallest absolute Gasteiger partial charge is 0.220 e. The lowest BCUT2D eigenvalue weighted by Crippen LogP contribution is -2.60. The highest BCUT2D eigenvalue weighted by molar-refractivity contribution is 5.76. The normalized spacial score (nSPS) is 20.3. The summed E-state index contributed by atoms with van der Waals surface area (Å²) < 4.78 is 11.3. The number of hydrogen-bond donors (Lipinski definition) is 6. The molecule has 1 heterocycles. The minimum atomic E-state index is -1.55. The van der Waals surface area contributed by atoms with Crippen LogP contribution in [0, 0.1) is 0 Å². The number of hydrogen-bond acceptors (Lipinski definition) is 8. The van der Waals surface area contributed by atoms with Crippen molar-refractivity contribution in [3.63, 3.8) is 0 Å². The predicted molar refractivity (Wildman–Crippen MR) is 258 cm³/mol. The number of rotatable bonds is 46. The molecule has 9 heteroatoms. The van der Waals surface area contributed by atoms with Gasteiger partial charge in [-0.3, -0.25) is 4.79 Å². The first-order chi connectivity index (χ1) is 30.3. The van der Waals surface area contributed by atoms with Crippen LogP contribution in [-0.2, 0) is 14.3 Å². The van der Waals surface area contributed by atoms with Crippen LogP contribution in [0.15, 0.2) is 12.2 Å². The Hall–Kier alpha value is -1.07. The molecular weight excluding hydrogens is 779 g/mol. The van der Waals surface area contributed by atoms with Crippen LogP contribution < -0.4 is 5.32 Å². The van der Waals surface area contributed by atoms with Crippen LogP contribution in [0.25, 0.3) is 0 Å². The first kappa shape index (κ1) is 58.9. The van der Waals surface area contributed by atoms with Crippen molar-refractivity contribution in [2.24, 2.45) is 0 Å². The van der Waals surface area contributed by atoms with E-state index in [1.807, 2.05) is 0 Å². The molecule has 6 N–H and O–H groups in total. The quantitative estimate of drug-likeness (QED) is 0.0261. The Morgan fingerprint density at radius 1 is 0.532 bits per heavy atom. The molecule has 1 aliphatic rings. The van der Waals surface area contributed by atoms with E-state index in [-0.39, 0.29) is 12.5 Å². The molecule has 0 saturated carbocycles. The summed E-state index contributed by atoms with van der Waals surface area (Å²) >= 11 is 0. The molecule has 1 saturated heterocycles. The highest BCUT2D eigenvalue weighted by Gasteiger charge is 2.44. The van der Waals surface area contributed by atoms with E-state index in [1.54, 1.807) is 0 Å². The lowest BCUT2D eigenvalue weighted by atomic mass is 9.99. The topological polar surface area (TPSA) is 149 Å². The van der Waals surface area contributed by atoms with Crippen molar-refractivity contribution in [2.75, 3.05) is 13.2 Å². The third-order valence-corrected chi connectivity index (χ3v) is 13.1. The minimum Gasteiger partial charge on any atom is -0.394 e. The molecule has 1 rings (SSSR count). The monoisotopic (exact) mass is 882 g/mol. The lowest BCUT2D eigenvalue weighted by Gasteiger charge is -2.40. The number of ether oxygens (including phenoxy) is 2. The molecule has 7 unspecified atom stereocenters. The Balaban J connectivity index is 2.24. The summed E-state index contributed by atoms with van der Waals surface area (Å²) in [4.78, 5) is 13.0. The molecule has 368 valence electrons. The summed E-state index contributed by atoms with van der Waals surface area (Å²) in [5.41, 5.74) is 0. The second-order valence-corrected chi connectivity index (χ2v) is 19.0. The van der Waals surface area contributed by atoms with Crippen molar-refractivity contribution in [1.29, 1.82) is 0 Å². The van der Waals surface area contributed by atoms with Gasteiger partial charge < -0.3 is 40.3 Å². The van der Waals surface area contributed by atoms with Gasteiger partial charge in [-0.2, -0.15) is 0 Å². The van der Waals surface area contributed by atoms with Gasteiger partial charge >= 0.3 is 0 Å². The lowest BCUT2D eigenvalue weighted by molar-refractivity contribution is -0.302. The Labute approximate surface area is 382 Å². The fraction of sp³-hybridized carbons (Fsp3) is 0.943. The molecule has 1 fully saturated rings. The Morgan fingerprint density at radius 3 is 1.31 bits per heavy atom. The van der Waals surface area contributed by atoms with Gasteiger partial charge in [-0.05, 0) is 38.5 Å². The maximum Gasteiger partial charge on any atom is 0.220 e. The molecule has 1 amide bonds. The van der Waals surface area contributed by atoms with Crippen LogP contribution in [0.4, 0.5) is 0 Å². The Morgan fingerprint density at radius 2 is 0.903 bits per heavy atom. The zero-order valence-electron chi connectivity index (χ0n) is 40.6. The van der Waals surface area contributed by atoms with Gasteiger partial charge in [-0.25, -0.2) is 0 Å². The molecule has 0 spiro atoms. The van der Waals surface area contributed by atoms with Crippen LogP contribution in [0.3, 0.4) is 0 Å². The second kappa shape index (κ2) is 43.8. The van der Waals surface area contributed by atoms with E-state index >= 15 is 0 Å². The van der Waals surface area contributed by atoms with E-state index in [2.05, 4.69) is 31.3 Å². The number of carbonyl (C=O) groups is 1. The van der Waals surface area contributed by atoms with Gasteiger partial charge in [-0.1, -0.05) is 231 Å². The van der Waals surface area contributed by atoms with Gasteiger partial charge in [0.15, 0.2) is 6.29 Å². The third kappa shape index (κ3) is 33.4. The van der Waals surface area contributed by atoms with Crippen molar-refractivity contribution < 1.29 is 39.8 Å². The van der Waals surface area contributed by atoms with Crippen LogP contribution in [0.1, 0.15) is 264 Å². The fourth-order valence-corrected chi connectivity index (χ4v) is 8.80. The molecule has 7 atom stereocenters. The maximum absolute atomic E-state index is 13.0. The van der Waals surface area contributed by atoms with Crippen LogP contribution in [0.2, 0.25) is 0 Å². The van der Waals surface area contributed by atoms with E-state index in [1.165, 1.54) is 199 Å². The van der Waals surface area contributed by atoms with Crippen molar-refractivity contribution in [3.05, 3.63) is 12.2 Å². The molecule has 0 aromatic carbocycles. The average molecular weight is 882 g/mol. The number of allylic oxidation sites excluding steroid dienone is 2. The summed E-state index contributed by atoms with van der Waals surface area (Å²) in [5, 5.41) is 54.6. The molecule has 62 heavy (non-hydrogen) atoms. The molecule has 0 bridgehead atoms. The van der Waals surface area contributed by atoms with Crippen molar-refractivity contribution in [1.82, 2.24) is 5.32 Å². The zero-order valence-corrected chi connectivity index (χ0v) is 40.6. The summed E-state index contributed by atoms with van der Waals surface area (Å²) in [6.45, 7) is 3.86. The summed E-state index contributed by atoms with van der Waals surface area (Å²) in [6, 6.07) is -0.717. The minimum absolute atomic E-state index is 0.135. The van der Waals surface area contributed by atoms with Gasteiger partial charge in [0, 0.05) is 6.42 Å². The Bertz CT molecular complexity index is 981. The first-order valence-corrected chi connectivity index (χ1v) is 26.9. The van der Waals surface area contributed by atoms with E-state index in [9.17, 15) is 30.3 Å². The predicted octanol–water partition coefficient (Wildman–Crippen LogP) is 12.5. The molecule has 9 nitrogen and oxygen atoms in total. The molecule has 0 aromatic rings. The number of unbranched alkanes of at least 4 members (excludes halogenated alkanes) is 34. The molecule has 0 aliphatic carbocycles. The average Bonchev–Trinajstić information content (AvgIpc) is 3.27. The maximum atomic E-state index is 13.0. The molecule has 0 radical (unpaired) electrons. The summed E-state index contributed by atoms with van der Waals surface area (Å²) in [7, 11) is 0.